The van der Waals surface area contributed by atoms with Crippen molar-refractivity contribution in [2.24, 2.45) is 5.73 Å². The number of carboxylic acids is 1. The molecular formula is C24H23ClN4O5S. The van der Waals surface area contributed by atoms with E-state index in [1.165, 1.54) is 17.5 Å². The number of anilines is 2. The molecule has 0 unspecified atom stereocenters. The Kier molecular flexibility index (Phi) is 8.98. The van der Waals surface area contributed by atoms with Gasteiger partial charge in [0.05, 0.1) is 16.9 Å². The highest BCUT2D eigenvalue weighted by Crippen LogP contribution is 2.33. The minimum Gasteiger partial charge on any atom is -0.489 e. The van der Waals surface area contributed by atoms with Crippen LogP contribution < -0.4 is 21.5 Å². The number of nitrogens with one attached hydrogen (secondary N) is 1. The fourth-order valence-corrected chi connectivity index (χ4v) is 4.21. The molecule has 0 saturated carbocycles. The molecule has 0 aliphatic heterocycles. The number of nitrogen functional groups attached to an aromatic ring is 1. The van der Waals surface area contributed by atoms with Crippen molar-refractivity contribution in [1.29, 1.82) is 0 Å². The van der Waals surface area contributed by atoms with E-state index in [0.29, 0.717) is 38.7 Å². The first-order valence-electron chi connectivity index (χ1n) is 10.3. The van der Waals surface area contributed by atoms with E-state index < -0.39 is 5.97 Å². The van der Waals surface area contributed by atoms with Gasteiger partial charge in [-0.3, -0.25) is 4.79 Å². The molecule has 7 N–H and O–H groups in total. The van der Waals surface area contributed by atoms with Gasteiger partial charge < -0.3 is 31.7 Å². The van der Waals surface area contributed by atoms with Crippen molar-refractivity contribution in [1.82, 2.24) is 4.98 Å². The van der Waals surface area contributed by atoms with E-state index in [2.05, 4.69) is 10.3 Å². The van der Waals surface area contributed by atoms with Gasteiger partial charge in [-0.15, -0.1) is 11.3 Å². The lowest BCUT2D eigenvalue weighted by Gasteiger charge is -2.10. The van der Waals surface area contributed by atoms with Gasteiger partial charge in [0, 0.05) is 46.0 Å². The molecule has 4 aromatic rings. The molecule has 0 spiro atoms. The molecule has 4 rings (SSSR count). The fourth-order valence-electron chi connectivity index (χ4n) is 3.02. The second-order valence-corrected chi connectivity index (χ2v) is 8.43. The van der Waals surface area contributed by atoms with E-state index in [-0.39, 0.29) is 30.5 Å². The number of aromatic carboxylic acids is 1. The Balaban J connectivity index is 0.000000795. The highest BCUT2D eigenvalue weighted by atomic mass is 35.5. The van der Waals surface area contributed by atoms with Gasteiger partial charge in [0.25, 0.3) is 5.91 Å². The van der Waals surface area contributed by atoms with Crippen molar-refractivity contribution < 1.29 is 24.5 Å². The number of ether oxygens (including phenoxy) is 1. The Bertz CT molecular complexity index is 1330. The Morgan fingerprint density at radius 3 is 2.54 bits per heavy atom. The maximum atomic E-state index is 12.4. The number of halogens is 1. The number of hydrogen-bond acceptors (Lipinski definition) is 8. The number of amides is 1. The number of aliphatic hydroxyl groups is 1. The smallest absolute Gasteiger partial charge is 0.338 e. The van der Waals surface area contributed by atoms with E-state index >= 15 is 0 Å². The van der Waals surface area contributed by atoms with E-state index in [1.807, 2.05) is 0 Å². The zero-order chi connectivity index (χ0) is 25.4. The SMILES string of the molecule is NCCO.Nc1ncc(C(=O)O)c2scc(COc3cccc(NC(=O)c4ccc(Cl)cc4)c3)c12. The summed E-state index contributed by atoms with van der Waals surface area (Å²) in [6, 6.07) is 13.6. The van der Waals surface area contributed by atoms with Gasteiger partial charge in [-0.2, -0.15) is 0 Å². The van der Waals surface area contributed by atoms with Crippen LogP contribution in [0.4, 0.5) is 11.5 Å². The number of fused-ring (bicyclic) bond motifs is 1. The normalized spacial score (nSPS) is 10.4. The summed E-state index contributed by atoms with van der Waals surface area (Å²) < 4.78 is 6.42. The lowest BCUT2D eigenvalue weighted by atomic mass is 10.1. The fraction of sp³-hybridized carbons (Fsp3) is 0.125. The molecule has 0 saturated heterocycles. The number of carboxylic acid groups (broad SMARTS) is 1. The topological polar surface area (TPSA) is 161 Å². The van der Waals surface area contributed by atoms with Gasteiger partial charge in [0.2, 0.25) is 0 Å². The molecule has 2 heterocycles. The summed E-state index contributed by atoms with van der Waals surface area (Å²) in [5.74, 6) is -0.536. The largest absolute Gasteiger partial charge is 0.489 e. The standard InChI is InChI=1S/C22H16ClN3O4S.C2H7NO/c23-14-6-4-12(5-7-14)21(27)26-15-2-1-3-16(8-15)30-10-13-11-31-19-17(22(28)29)9-25-20(24)18(13)19;3-1-2-4/h1-9,11H,10H2,(H2,24,25)(H,26,27)(H,28,29);4H,1-3H2. The van der Waals surface area contributed by atoms with Crippen molar-refractivity contribution in [3.05, 3.63) is 81.8 Å². The van der Waals surface area contributed by atoms with Crippen LogP contribution in [0.25, 0.3) is 10.1 Å². The summed E-state index contributed by atoms with van der Waals surface area (Å²) in [5, 5.41) is 22.8. The summed E-state index contributed by atoms with van der Waals surface area (Å²) in [7, 11) is 0. The molecular weight excluding hydrogens is 492 g/mol. The number of carbonyl (C=O) groups excluding carboxylic acids is 1. The van der Waals surface area contributed by atoms with Crippen LogP contribution in [0.15, 0.2) is 60.1 Å². The monoisotopic (exact) mass is 514 g/mol. The zero-order valence-corrected chi connectivity index (χ0v) is 20.0. The second kappa shape index (κ2) is 12.1. The molecule has 11 heteroatoms. The second-order valence-electron chi connectivity index (χ2n) is 7.12. The number of hydrogen-bond donors (Lipinski definition) is 5. The number of carbonyl (C=O) groups is 2. The lowest BCUT2D eigenvalue weighted by Crippen LogP contribution is -2.11. The number of nitrogens with two attached hydrogens (primary N) is 2. The van der Waals surface area contributed by atoms with E-state index in [1.54, 1.807) is 53.9 Å². The molecule has 0 fully saturated rings. The maximum absolute atomic E-state index is 12.4. The first-order chi connectivity index (χ1) is 16.8. The molecule has 0 bridgehead atoms. The Morgan fingerprint density at radius 1 is 1.17 bits per heavy atom. The molecule has 2 aromatic carbocycles. The van der Waals surface area contributed by atoms with Gasteiger partial charge in [0.15, 0.2) is 0 Å². The van der Waals surface area contributed by atoms with Crippen LogP contribution in [0.3, 0.4) is 0 Å². The van der Waals surface area contributed by atoms with E-state index in [0.717, 1.165) is 5.56 Å². The molecule has 0 aliphatic carbocycles. The number of pyridine rings is 1. The third kappa shape index (κ3) is 6.67. The van der Waals surface area contributed by atoms with Crippen LogP contribution in [0.2, 0.25) is 5.02 Å². The van der Waals surface area contributed by atoms with Crippen LogP contribution in [-0.2, 0) is 6.61 Å². The van der Waals surface area contributed by atoms with Crippen LogP contribution >= 0.6 is 22.9 Å². The minimum atomic E-state index is -1.06. The molecule has 2 aromatic heterocycles. The van der Waals surface area contributed by atoms with Gasteiger partial charge >= 0.3 is 5.97 Å². The Morgan fingerprint density at radius 2 is 1.89 bits per heavy atom. The molecule has 0 radical (unpaired) electrons. The molecule has 0 aliphatic rings. The number of aromatic nitrogens is 1. The molecule has 1 amide bonds. The lowest BCUT2D eigenvalue weighted by molar-refractivity contribution is 0.0698. The van der Waals surface area contributed by atoms with Crippen LogP contribution in [-0.4, -0.2) is 40.2 Å². The number of nitrogens with zero attached hydrogens (tertiary/aromatic N) is 1. The first kappa shape index (κ1) is 25.9. The van der Waals surface area contributed by atoms with E-state index in [9.17, 15) is 14.7 Å². The molecule has 0 atom stereocenters. The summed E-state index contributed by atoms with van der Waals surface area (Å²) in [6.45, 7) is 0.642. The minimum absolute atomic E-state index is 0.0972. The first-order valence-corrected chi connectivity index (χ1v) is 11.6. The average Bonchev–Trinajstić information content (AvgIpc) is 3.28. The van der Waals surface area contributed by atoms with Crippen LogP contribution in [0, 0.1) is 0 Å². The van der Waals surface area contributed by atoms with Crippen molar-refractivity contribution in [2.75, 3.05) is 24.2 Å². The molecule has 182 valence electrons. The molecule has 9 nitrogen and oxygen atoms in total. The quantitative estimate of drug-likeness (QED) is 0.247. The number of benzene rings is 2. The third-order valence-electron chi connectivity index (χ3n) is 4.65. The van der Waals surface area contributed by atoms with Gasteiger partial charge in [0.1, 0.15) is 18.2 Å². The third-order valence-corrected chi connectivity index (χ3v) is 5.97. The Labute approximate surface area is 209 Å². The van der Waals surface area contributed by atoms with Crippen LogP contribution in [0.5, 0.6) is 5.75 Å². The summed E-state index contributed by atoms with van der Waals surface area (Å²) in [5.41, 5.74) is 12.7. The van der Waals surface area contributed by atoms with Gasteiger partial charge in [-0.1, -0.05) is 17.7 Å². The zero-order valence-electron chi connectivity index (χ0n) is 18.4. The highest BCUT2D eigenvalue weighted by molar-refractivity contribution is 7.17. The van der Waals surface area contributed by atoms with Crippen molar-refractivity contribution in [3.8, 4) is 5.75 Å². The average molecular weight is 515 g/mol. The maximum Gasteiger partial charge on any atom is 0.338 e. The van der Waals surface area contributed by atoms with Gasteiger partial charge in [-0.05, 0) is 41.8 Å². The molecule has 35 heavy (non-hydrogen) atoms. The summed E-state index contributed by atoms with van der Waals surface area (Å²) in [6.07, 6.45) is 1.26. The number of aliphatic hydroxyl groups excluding tert-OH is 1. The van der Waals surface area contributed by atoms with Gasteiger partial charge in [-0.25, -0.2) is 9.78 Å². The van der Waals surface area contributed by atoms with Crippen molar-refractivity contribution >= 4 is 56.4 Å². The predicted octanol–water partition coefficient (Wildman–Crippen LogP) is 4.00. The van der Waals surface area contributed by atoms with E-state index in [4.69, 9.17) is 32.9 Å². The van der Waals surface area contributed by atoms with Crippen molar-refractivity contribution in [2.45, 2.75) is 6.61 Å². The summed E-state index contributed by atoms with van der Waals surface area (Å²) in [4.78, 5) is 27.8. The van der Waals surface area contributed by atoms with Crippen molar-refractivity contribution in [3.63, 3.8) is 0 Å². The predicted molar refractivity (Wildman–Crippen MR) is 137 cm³/mol. The number of thiophene rings is 1. The Hall–Kier alpha value is -3.70. The summed E-state index contributed by atoms with van der Waals surface area (Å²) >= 11 is 7.14. The number of rotatable bonds is 7. The highest BCUT2D eigenvalue weighted by Gasteiger charge is 2.17. The van der Waals surface area contributed by atoms with Crippen LogP contribution in [0.1, 0.15) is 26.3 Å².